The van der Waals surface area contributed by atoms with Crippen LogP contribution in [0.2, 0.25) is 0 Å². The number of thiocarbonyl (C=S) groups is 1. The minimum Gasteiger partial charge on any atom is -0.393 e. The van der Waals surface area contributed by atoms with Gasteiger partial charge in [-0.3, -0.25) is 4.98 Å². The van der Waals surface area contributed by atoms with Crippen molar-refractivity contribution in [3.63, 3.8) is 0 Å². The molecule has 0 saturated carbocycles. The first kappa shape index (κ1) is 13.8. The van der Waals surface area contributed by atoms with Crippen LogP contribution in [-0.4, -0.2) is 27.5 Å². The van der Waals surface area contributed by atoms with E-state index in [4.69, 9.17) is 18.0 Å². The number of aromatic nitrogens is 2. The lowest BCUT2D eigenvalue weighted by atomic mass is 10.2. The molecule has 0 fully saturated rings. The summed E-state index contributed by atoms with van der Waals surface area (Å²) in [7, 11) is 0. The molecule has 94 valence electrons. The minimum absolute atomic E-state index is 0.348. The quantitative estimate of drug-likeness (QED) is 0.812. The Morgan fingerprint density at radius 2 is 2.06 bits per heavy atom. The standard InChI is InChI=1S/C12H20N4S/c1-8(2)16(6-5-11(13)17)12-7-14-9(3)10(4)15-12/h7-8H,5-6H2,1-4H3,(H2,13,17). The van der Waals surface area contributed by atoms with E-state index in [1.54, 1.807) is 0 Å². The average Bonchev–Trinajstić information content (AvgIpc) is 2.22. The van der Waals surface area contributed by atoms with E-state index in [1.807, 2.05) is 20.0 Å². The van der Waals surface area contributed by atoms with Gasteiger partial charge in [0.05, 0.1) is 22.6 Å². The van der Waals surface area contributed by atoms with Crippen LogP contribution in [0.25, 0.3) is 0 Å². The average molecular weight is 252 g/mol. The summed E-state index contributed by atoms with van der Waals surface area (Å²) in [6.45, 7) is 8.95. The second kappa shape index (κ2) is 5.91. The van der Waals surface area contributed by atoms with Crippen molar-refractivity contribution < 1.29 is 0 Å². The molecule has 2 N–H and O–H groups in total. The first-order valence-corrected chi connectivity index (χ1v) is 6.18. The second-order valence-corrected chi connectivity index (χ2v) is 4.93. The number of hydrogen-bond donors (Lipinski definition) is 1. The van der Waals surface area contributed by atoms with Gasteiger partial charge >= 0.3 is 0 Å². The van der Waals surface area contributed by atoms with Gasteiger partial charge in [-0.2, -0.15) is 0 Å². The van der Waals surface area contributed by atoms with Gasteiger partial charge in [0.25, 0.3) is 0 Å². The van der Waals surface area contributed by atoms with Crippen LogP contribution < -0.4 is 10.6 Å². The molecule has 1 aromatic rings. The van der Waals surface area contributed by atoms with Crippen molar-refractivity contribution in [2.45, 2.75) is 40.2 Å². The normalized spacial score (nSPS) is 10.6. The Balaban J connectivity index is 2.89. The number of nitrogens with zero attached hydrogens (tertiary/aromatic N) is 3. The molecule has 0 bridgehead atoms. The van der Waals surface area contributed by atoms with Crippen molar-refractivity contribution in [2.24, 2.45) is 5.73 Å². The van der Waals surface area contributed by atoms with Crippen LogP contribution in [0.5, 0.6) is 0 Å². The zero-order chi connectivity index (χ0) is 13.0. The van der Waals surface area contributed by atoms with Gasteiger partial charge in [0.2, 0.25) is 0 Å². The molecule has 5 heteroatoms. The lowest BCUT2D eigenvalue weighted by Crippen LogP contribution is -2.34. The van der Waals surface area contributed by atoms with Crippen LogP contribution in [0.1, 0.15) is 31.7 Å². The Labute approximate surface area is 108 Å². The molecule has 0 radical (unpaired) electrons. The summed E-state index contributed by atoms with van der Waals surface area (Å²) in [6, 6.07) is 0.348. The van der Waals surface area contributed by atoms with Crippen molar-refractivity contribution in [2.75, 3.05) is 11.4 Å². The molecule has 0 aromatic carbocycles. The Morgan fingerprint density at radius 1 is 1.41 bits per heavy atom. The maximum absolute atomic E-state index is 5.54. The molecule has 0 unspecified atom stereocenters. The number of hydrogen-bond acceptors (Lipinski definition) is 4. The summed E-state index contributed by atoms with van der Waals surface area (Å²) in [5, 5.41) is 0. The number of rotatable bonds is 5. The molecule has 0 atom stereocenters. The third kappa shape index (κ3) is 3.93. The zero-order valence-corrected chi connectivity index (χ0v) is 11.7. The summed E-state index contributed by atoms with van der Waals surface area (Å²) in [4.78, 5) is 11.6. The number of nitrogens with two attached hydrogens (primary N) is 1. The molecule has 0 spiro atoms. The van der Waals surface area contributed by atoms with Crippen molar-refractivity contribution in [1.82, 2.24) is 9.97 Å². The first-order chi connectivity index (χ1) is 7.91. The number of anilines is 1. The fraction of sp³-hybridized carbons (Fsp3) is 0.583. The molecular formula is C12H20N4S. The summed E-state index contributed by atoms with van der Waals surface area (Å²) >= 11 is 4.91. The van der Waals surface area contributed by atoms with E-state index >= 15 is 0 Å². The predicted molar refractivity (Wildman–Crippen MR) is 75.4 cm³/mol. The van der Waals surface area contributed by atoms with E-state index in [0.29, 0.717) is 17.5 Å². The monoisotopic (exact) mass is 252 g/mol. The van der Waals surface area contributed by atoms with Crippen LogP contribution in [0.15, 0.2) is 6.20 Å². The number of aryl methyl sites for hydroxylation is 2. The minimum atomic E-state index is 0.348. The van der Waals surface area contributed by atoms with Crippen molar-refractivity contribution in [1.29, 1.82) is 0 Å². The van der Waals surface area contributed by atoms with Gasteiger partial charge in [0, 0.05) is 19.0 Å². The van der Waals surface area contributed by atoms with E-state index in [1.165, 1.54) is 0 Å². The van der Waals surface area contributed by atoms with Crippen molar-refractivity contribution in [3.05, 3.63) is 17.6 Å². The van der Waals surface area contributed by atoms with Crippen LogP contribution >= 0.6 is 12.2 Å². The topological polar surface area (TPSA) is 55.0 Å². The molecule has 0 aliphatic rings. The Hall–Kier alpha value is -1.23. The maximum Gasteiger partial charge on any atom is 0.147 e. The van der Waals surface area contributed by atoms with Crippen LogP contribution in [0.4, 0.5) is 5.82 Å². The lowest BCUT2D eigenvalue weighted by Gasteiger charge is -2.27. The highest BCUT2D eigenvalue weighted by atomic mass is 32.1. The molecule has 0 aliphatic carbocycles. The summed E-state index contributed by atoms with van der Waals surface area (Å²) in [6.07, 6.45) is 2.50. The highest BCUT2D eigenvalue weighted by molar-refractivity contribution is 7.80. The van der Waals surface area contributed by atoms with E-state index < -0.39 is 0 Å². The molecular weight excluding hydrogens is 232 g/mol. The Morgan fingerprint density at radius 3 is 2.53 bits per heavy atom. The van der Waals surface area contributed by atoms with Gasteiger partial charge in [-0.05, 0) is 27.7 Å². The lowest BCUT2D eigenvalue weighted by molar-refractivity contribution is 0.677. The predicted octanol–water partition coefficient (Wildman–Crippen LogP) is 1.98. The van der Waals surface area contributed by atoms with Crippen molar-refractivity contribution in [3.8, 4) is 0 Å². The second-order valence-electron chi connectivity index (χ2n) is 4.40. The first-order valence-electron chi connectivity index (χ1n) is 5.77. The Kier molecular flexibility index (Phi) is 4.81. The zero-order valence-electron chi connectivity index (χ0n) is 10.9. The van der Waals surface area contributed by atoms with Gasteiger partial charge in [-0.25, -0.2) is 4.98 Å². The van der Waals surface area contributed by atoms with Crippen molar-refractivity contribution >= 4 is 23.0 Å². The van der Waals surface area contributed by atoms with Gasteiger partial charge < -0.3 is 10.6 Å². The third-order valence-electron chi connectivity index (χ3n) is 2.70. The molecule has 17 heavy (non-hydrogen) atoms. The van der Waals surface area contributed by atoms with Gasteiger partial charge in [0.15, 0.2) is 0 Å². The molecule has 0 saturated heterocycles. The van der Waals surface area contributed by atoms with Crippen LogP contribution in [0.3, 0.4) is 0 Å². The smallest absolute Gasteiger partial charge is 0.147 e. The molecule has 0 aliphatic heterocycles. The maximum atomic E-state index is 5.54. The van der Waals surface area contributed by atoms with Gasteiger partial charge in [-0.1, -0.05) is 12.2 Å². The van der Waals surface area contributed by atoms with Crippen LogP contribution in [-0.2, 0) is 0 Å². The molecule has 1 aromatic heterocycles. The highest BCUT2D eigenvalue weighted by Crippen LogP contribution is 2.15. The fourth-order valence-corrected chi connectivity index (χ4v) is 1.63. The molecule has 1 rings (SSSR count). The van der Waals surface area contributed by atoms with E-state index in [2.05, 4.69) is 28.7 Å². The molecule has 4 nitrogen and oxygen atoms in total. The van der Waals surface area contributed by atoms with E-state index in [-0.39, 0.29) is 0 Å². The summed E-state index contributed by atoms with van der Waals surface area (Å²) < 4.78 is 0. The highest BCUT2D eigenvalue weighted by Gasteiger charge is 2.13. The Bertz CT molecular complexity index is 403. The van der Waals surface area contributed by atoms with E-state index in [9.17, 15) is 0 Å². The van der Waals surface area contributed by atoms with E-state index in [0.717, 1.165) is 23.8 Å². The molecule has 1 heterocycles. The fourth-order valence-electron chi connectivity index (χ4n) is 1.54. The summed E-state index contributed by atoms with van der Waals surface area (Å²) in [5.41, 5.74) is 7.47. The SMILES string of the molecule is Cc1ncc(N(CCC(N)=S)C(C)C)nc1C. The largest absolute Gasteiger partial charge is 0.393 e. The third-order valence-corrected chi connectivity index (χ3v) is 2.90. The summed E-state index contributed by atoms with van der Waals surface area (Å²) in [5.74, 6) is 0.888. The van der Waals surface area contributed by atoms with Crippen LogP contribution in [0, 0.1) is 13.8 Å². The van der Waals surface area contributed by atoms with Gasteiger partial charge in [0.1, 0.15) is 5.82 Å². The molecule has 0 amide bonds. The van der Waals surface area contributed by atoms with Gasteiger partial charge in [-0.15, -0.1) is 0 Å².